The van der Waals surface area contributed by atoms with E-state index in [1.165, 1.54) is 6.42 Å². The molecule has 0 aromatic carbocycles. The first-order valence-electron chi connectivity index (χ1n) is 10.6. The van der Waals surface area contributed by atoms with Crippen molar-refractivity contribution < 1.29 is 19.3 Å². The third-order valence-corrected chi connectivity index (χ3v) is 8.50. The molecule has 4 nitrogen and oxygen atoms in total. The minimum absolute atomic E-state index is 0.181. The highest BCUT2D eigenvalue weighted by Gasteiger charge is 2.62. The maximum absolute atomic E-state index is 11.5. The van der Waals surface area contributed by atoms with E-state index in [1.54, 1.807) is 23.8 Å². The maximum Gasteiger partial charge on any atom is 0.172 e. The van der Waals surface area contributed by atoms with Crippen LogP contribution in [0.3, 0.4) is 0 Å². The number of fused-ring (bicyclic) bond motifs is 4. The summed E-state index contributed by atoms with van der Waals surface area (Å²) >= 11 is 0. The summed E-state index contributed by atoms with van der Waals surface area (Å²) < 4.78 is 17.4. The Balaban J connectivity index is 1.47. The zero-order valence-electron chi connectivity index (χ0n) is 16.7. The van der Waals surface area contributed by atoms with Gasteiger partial charge in [0.05, 0.1) is 20.3 Å². The second kappa shape index (κ2) is 5.95. The Bertz CT molecular complexity index is 729. The van der Waals surface area contributed by atoms with E-state index >= 15 is 0 Å². The topological polar surface area (TPSA) is 47.9 Å². The SMILES string of the molecule is C=C(OC)[C@@]1(O)CCC2C3CCC4=C(CCC5(C4)OCCO5)C3=CCC21C. The van der Waals surface area contributed by atoms with Crippen LogP contribution < -0.4 is 0 Å². The van der Waals surface area contributed by atoms with Gasteiger partial charge >= 0.3 is 0 Å². The molecule has 1 aliphatic heterocycles. The van der Waals surface area contributed by atoms with Crippen molar-refractivity contribution in [2.75, 3.05) is 20.3 Å². The molecule has 4 atom stereocenters. The van der Waals surface area contributed by atoms with E-state index in [1.807, 2.05) is 0 Å². The summed E-state index contributed by atoms with van der Waals surface area (Å²) in [6, 6.07) is 0. The van der Waals surface area contributed by atoms with Crippen molar-refractivity contribution in [2.45, 2.75) is 69.7 Å². The Hall–Kier alpha value is -1.10. The first-order valence-corrected chi connectivity index (χ1v) is 10.6. The van der Waals surface area contributed by atoms with Gasteiger partial charge in [0.2, 0.25) is 0 Å². The van der Waals surface area contributed by atoms with Crippen LogP contribution in [0.15, 0.2) is 35.1 Å². The van der Waals surface area contributed by atoms with Crippen molar-refractivity contribution in [3.63, 3.8) is 0 Å². The predicted molar refractivity (Wildman–Crippen MR) is 103 cm³/mol. The lowest BCUT2D eigenvalue weighted by Gasteiger charge is -2.51. The second-order valence-corrected chi connectivity index (χ2v) is 9.43. The van der Waals surface area contributed by atoms with Gasteiger partial charge < -0.3 is 19.3 Å². The van der Waals surface area contributed by atoms with Crippen LogP contribution >= 0.6 is 0 Å². The van der Waals surface area contributed by atoms with Crippen molar-refractivity contribution in [3.8, 4) is 0 Å². The Morgan fingerprint density at radius 1 is 1.22 bits per heavy atom. The molecule has 0 bridgehead atoms. The van der Waals surface area contributed by atoms with E-state index in [4.69, 9.17) is 14.2 Å². The Labute approximate surface area is 162 Å². The minimum Gasteiger partial charge on any atom is -0.499 e. The molecular formula is C23H32O4. The van der Waals surface area contributed by atoms with Gasteiger partial charge in [-0.2, -0.15) is 0 Å². The smallest absolute Gasteiger partial charge is 0.172 e. The molecule has 5 aliphatic rings. The van der Waals surface area contributed by atoms with Crippen LogP contribution in [-0.4, -0.2) is 36.8 Å². The molecule has 4 heteroatoms. The van der Waals surface area contributed by atoms with Crippen LogP contribution in [-0.2, 0) is 14.2 Å². The van der Waals surface area contributed by atoms with Crippen molar-refractivity contribution in [3.05, 3.63) is 35.1 Å². The summed E-state index contributed by atoms with van der Waals surface area (Å²) in [4.78, 5) is 0. The zero-order valence-corrected chi connectivity index (χ0v) is 16.7. The lowest BCUT2D eigenvalue weighted by atomic mass is 9.56. The van der Waals surface area contributed by atoms with Gasteiger partial charge in [0.25, 0.3) is 0 Å². The maximum atomic E-state index is 11.5. The number of aliphatic hydroxyl groups is 1. The van der Waals surface area contributed by atoms with Gasteiger partial charge in [-0.05, 0) is 61.5 Å². The molecule has 1 N–H and O–H groups in total. The van der Waals surface area contributed by atoms with Crippen LogP contribution in [0.5, 0.6) is 0 Å². The summed E-state index contributed by atoms with van der Waals surface area (Å²) in [6.45, 7) is 7.76. The Kier molecular flexibility index (Phi) is 3.96. The molecular weight excluding hydrogens is 340 g/mol. The van der Waals surface area contributed by atoms with E-state index < -0.39 is 5.60 Å². The van der Waals surface area contributed by atoms with Crippen molar-refractivity contribution >= 4 is 0 Å². The average molecular weight is 373 g/mol. The van der Waals surface area contributed by atoms with Crippen LogP contribution in [0.25, 0.3) is 0 Å². The van der Waals surface area contributed by atoms with E-state index in [0.717, 1.165) is 58.2 Å². The molecule has 148 valence electrons. The number of hydrogen-bond acceptors (Lipinski definition) is 4. The van der Waals surface area contributed by atoms with Gasteiger partial charge in [-0.25, -0.2) is 0 Å². The summed E-state index contributed by atoms with van der Waals surface area (Å²) in [5.74, 6) is 1.26. The van der Waals surface area contributed by atoms with Crippen molar-refractivity contribution in [1.82, 2.24) is 0 Å². The third-order valence-electron chi connectivity index (χ3n) is 8.50. The molecule has 1 saturated heterocycles. The van der Waals surface area contributed by atoms with E-state index in [0.29, 0.717) is 17.6 Å². The molecule has 3 unspecified atom stereocenters. The van der Waals surface area contributed by atoms with Gasteiger partial charge in [0.15, 0.2) is 5.79 Å². The summed E-state index contributed by atoms with van der Waals surface area (Å²) in [7, 11) is 1.63. The fourth-order valence-corrected chi connectivity index (χ4v) is 6.93. The van der Waals surface area contributed by atoms with Crippen molar-refractivity contribution in [1.29, 1.82) is 0 Å². The second-order valence-electron chi connectivity index (χ2n) is 9.43. The quantitative estimate of drug-likeness (QED) is 0.736. The molecule has 0 aromatic heterocycles. The van der Waals surface area contributed by atoms with Crippen LogP contribution in [0.2, 0.25) is 0 Å². The highest BCUT2D eigenvalue weighted by Crippen LogP contribution is 2.64. The molecule has 1 heterocycles. The minimum atomic E-state index is -0.911. The number of allylic oxidation sites excluding steroid dienone is 3. The van der Waals surface area contributed by atoms with Crippen LogP contribution in [0.1, 0.15) is 58.3 Å². The van der Waals surface area contributed by atoms with Gasteiger partial charge in [0, 0.05) is 18.3 Å². The first kappa shape index (κ1) is 18.0. The molecule has 1 spiro atoms. The lowest BCUT2D eigenvalue weighted by molar-refractivity contribution is -0.164. The normalized spacial score (nSPS) is 42.4. The highest BCUT2D eigenvalue weighted by molar-refractivity contribution is 5.45. The van der Waals surface area contributed by atoms with Gasteiger partial charge in [-0.1, -0.05) is 25.2 Å². The Morgan fingerprint density at radius 3 is 2.74 bits per heavy atom. The summed E-state index contributed by atoms with van der Waals surface area (Å²) in [6.07, 6.45) is 10.4. The summed E-state index contributed by atoms with van der Waals surface area (Å²) in [5.41, 5.74) is 3.62. The van der Waals surface area contributed by atoms with E-state index in [-0.39, 0.29) is 11.2 Å². The molecule has 0 amide bonds. The lowest BCUT2D eigenvalue weighted by Crippen LogP contribution is -2.50. The standard InChI is InChI=1S/C23H32O4/c1-15(25-3)23(24)11-8-20-19-5-4-16-14-22(26-12-13-27-22)10-7-17(16)18(19)6-9-21(20,23)2/h6,19-20,24H,1,4-5,7-14H2,2-3H3/t19?,20?,21?,23-/m0/s1. The van der Waals surface area contributed by atoms with E-state index in [2.05, 4.69) is 19.6 Å². The predicted octanol–water partition coefficient (Wildman–Crippen LogP) is 4.26. The molecule has 0 aromatic rings. The molecule has 27 heavy (non-hydrogen) atoms. The largest absolute Gasteiger partial charge is 0.499 e. The first-order chi connectivity index (χ1) is 12.9. The fourth-order valence-electron chi connectivity index (χ4n) is 6.93. The van der Waals surface area contributed by atoms with Gasteiger partial charge in [-0.3, -0.25) is 0 Å². The molecule has 0 radical (unpaired) electrons. The van der Waals surface area contributed by atoms with Gasteiger partial charge in [0.1, 0.15) is 11.4 Å². The average Bonchev–Trinajstić information content (AvgIpc) is 3.23. The molecule has 5 rings (SSSR count). The number of rotatable bonds is 2. The highest BCUT2D eigenvalue weighted by atomic mass is 16.7. The summed E-state index contributed by atoms with van der Waals surface area (Å²) in [5, 5.41) is 11.5. The van der Waals surface area contributed by atoms with E-state index in [9.17, 15) is 5.11 Å². The monoisotopic (exact) mass is 372 g/mol. The molecule has 4 aliphatic carbocycles. The fraction of sp³-hybridized carbons (Fsp3) is 0.739. The number of ether oxygens (including phenoxy) is 3. The van der Waals surface area contributed by atoms with Gasteiger partial charge in [-0.15, -0.1) is 0 Å². The molecule has 1 saturated carbocycles. The molecule has 2 fully saturated rings. The Morgan fingerprint density at radius 2 is 2.00 bits per heavy atom. The zero-order chi connectivity index (χ0) is 18.9. The number of hydrogen-bond donors (Lipinski definition) is 1. The van der Waals surface area contributed by atoms with Crippen LogP contribution in [0, 0.1) is 17.3 Å². The third kappa shape index (κ3) is 2.33. The van der Waals surface area contributed by atoms with Crippen LogP contribution in [0.4, 0.5) is 0 Å². The number of methoxy groups -OCH3 is 1. The van der Waals surface area contributed by atoms with Crippen molar-refractivity contribution in [2.24, 2.45) is 17.3 Å².